The van der Waals surface area contributed by atoms with E-state index in [4.69, 9.17) is 14.2 Å². The highest BCUT2D eigenvalue weighted by Crippen LogP contribution is 2.17. The molecule has 0 rings (SSSR count). The van der Waals surface area contributed by atoms with Crippen LogP contribution in [-0.4, -0.2) is 80.6 Å². The van der Waals surface area contributed by atoms with Crippen LogP contribution in [0.5, 0.6) is 0 Å². The van der Waals surface area contributed by atoms with Crippen molar-refractivity contribution in [3.05, 3.63) is 12.2 Å². The van der Waals surface area contributed by atoms with Gasteiger partial charge >= 0.3 is 17.9 Å². The van der Waals surface area contributed by atoms with Gasteiger partial charge in [0.2, 0.25) is 0 Å². The van der Waals surface area contributed by atoms with Crippen molar-refractivity contribution in [1.29, 1.82) is 0 Å². The van der Waals surface area contributed by atoms with Gasteiger partial charge in [-0.2, -0.15) is 0 Å². The number of carbonyl (C=O) groups is 3. The van der Waals surface area contributed by atoms with Crippen molar-refractivity contribution in [2.45, 2.75) is 283 Å². The Morgan fingerprint density at radius 2 is 0.794 bits per heavy atom. The molecule has 0 spiro atoms. The zero-order valence-electron chi connectivity index (χ0n) is 42.6. The minimum Gasteiger partial charge on any atom is -0.477 e. The first-order valence-corrected chi connectivity index (χ1v) is 27.2. The molecule has 8 nitrogen and oxygen atoms in total. The Kier molecular flexibility index (Phi) is 45.2. The van der Waals surface area contributed by atoms with Crippen LogP contribution >= 0.6 is 0 Å². The van der Waals surface area contributed by atoms with Crippen LogP contribution in [0.15, 0.2) is 12.2 Å². The lowest BCUT2D eigenvalue weighted by Crippen LogP contribution is -2.50. The molecule has 2 unspecified atom stereocenters. The number of nitrogens with zero attached hydrogens (tertiary/aromatic N) is 1. The van der Waals surface area contributed by atoms with Gasteiger partial charge in [0.1, 0.15) is 6.61 Å². The molecule has 63 heavy (non-hydrogen) atoms. The summed E-state index contributed by atoms with van der Waals surface area (Å²) in [5.41, 5.74) is 0. The summed E-state index contributed by atoms with van der Waals surface area (Å²) in [7, 11) is 5.55. The van der Waals surface area contributed by atoms with Gasteiger partial charge in [0, 0.05) is 19.3 Å². The number of allylic oxidation sites excluding steroid dienone is 2. The highest BCUT2D eigenvalue weighted by Gasteiger charge is 2.31. The fourth-order valence-corrected chi connectivity index (χ4v) is 8.44. The summed E-state index contributed by atoms with van der Waals surface area (Å²) in [6.07, 6.45) is 52.7. The van der Waals surface area contributed by atoms with Crippen LogP contribution in [0.3, 0.4) is 0 Å². The van der Waals surface area contributed by atoms with Gasteiger partial charge in [-0.1, -0.05) is 225 Å². The number of esters is 2. The van der Waals surface area contributed by atoms with E-state index in [9.17, 15) is 19.5 Å². The van der Waals surface area contributed by atoms with Crippen LogP contribution in [0.4, 0.5) is 0 Å². The molecule has 0 aliphatic rings. The first kappa shape index (κ1) is 61.1. The van der Waals surface area contributed by atoms with Crippen LogP contribution < -0.4 is 0 Å². The number of quaternary nitrogens is 1. The monoisotopic (exact) mass is 893 g/mol. The second-order valence-corrected chi connectivity index (χ2v) is 19.8. The molecule has 0 fully saturated rings. The Balaban J connectivity index is 4.15. The summed E-state index contributed by atoms with van der Waals surface area (Å²) >= 11 is 0. The van der Waals surface area contributed by atoms with E-state index < -0.39 is 18.1 Å². The van der Waals surface area contributed by atoms with E-state index in [1.807, 2.05) is 21.1 Å². The van der Waals surface area contributed by atoms with Crippen molar-refractivity contribution in [1.82, 2.24) is 0 Å². The third kappa shape index (κ3) is 45.0. The Morgan fingerprint density at radius 3 is 1.14 bits per heavy atom. The second kappa shape index (κ2) is 46.6. The molecule has 0 amide bonds. The number of unbranched alkanes of at least 4 members (excludes halogenated alkanes) is 34. The van der Waals surface area contributed by atoms with Crippen LogP contribution in [-0.2, 0) is 28.6 Å². The smallest absolute Gasteiger partial charge is 0.362 e. The maximum atomic E-state index is 12.8. The number of hydrogen-bond acceptors (Lipinski definition) is 6. The predicted octanol–water partition coefficient (Wildman–Crippen LogP) is 15.8. The molecule has 0 radical (unpaired) electrons. The zero-order valence-corrected chi connectivity index (χ0v) is 42.6. The third-order valence-electron chi connectivity index (χ3n) is 12.7. The summed E-state index contributed by atoms with van der Waals surface area (Å²) in [4.78, 5) is 37.2. The van der Waals surface area contributed by atoms with Crippen molar-refractivity contribution < 1.29 is 38.2 Å². The molecule has 2 atom stereocenters. The van der Waals surface area contributed by atoms with E-state index in [-0.39, 0.29) is 36.2 Å². The van der Waals surface area contributed by atoms with Crippen molar-refractivity contribution in [2.75, 3.05) is 41.0 Å². The van der Waals surface area contributed by atoms with Gasteiger partial charge in [0.25, 0.3) is 0 Å². The molecule has 0 saturated heterocycles. The molecule has 0 aromatic carbocycles. The molecule has 0 heterocycles. The quantitative estimate of drug-likeness (QED) is 0.0281. The standard InChI is InChI=1S/C55H105NO7/c1-6-8-10-12-14-16-18-20-22-24-25-26-27-28-30-31-33-35-37-39-41-43-45-53(57)62-50-51(49-61-48-47-52(55(59)60)56(3,4)5)63-54(58)46-44-42-40-38-36-34-32-29-23-21-19-17-15-13-11-9-7-2/h21,23,51-52H,6-20,22,24-50H2,1-5H3/p+1/b23-21+. The van der Waals surface area contributed by atoms with E-state index >= 15 is 0 Å². The van der Waals surface area contributed by atoms with Gasteiger partial charge in [-0.25, -0.2) is 4.79 Å². The molecule has 0 aromatic rings. The number of ether oxygens (including phenoxy) is 3. The molecule has 0 aliphatic heterocycles. The number of carboxylic acids is 1. The maximum absolute atomic E-state index is 12.8. The van der Waals surface area contributed by atoms with E-state index in [1.165, 1.54) is 199 Å². The van der Waals surface area contributed by atoms with E-state index in [1.54, 1.807) is 0 Å². The van der Waals surface area contributed by atoms with Crippen molar-refractivity contribution in [3.8, 4) is 0 Å². The molecular weight excluding hydrogens is 787 g/mol. The SMILES string of the molecule is CCCCCCCC/C=C/CCCCCCCCCC(=O)OC(COCCC(C(=O)O)[N+](C)(C)C)COC(=O)CCCCCCCCCCCCCCCCCCCCCCCC. The number of hydrogen-bond donors (Lipinski definition) is 1. The number of carboxylic acid groups (broad SMARTS) is 1. The first-order valence-electron chi connectivity index (χ1n) is 27.2. The van der Waals surface area contributed by atoms with Gasteiger partial charge in [0.05, 0.1) is 34.4 Å². The van der Waals surface area contributed by atoms with Crippen LogP contribution in [0.25, 0.3) is 0 Å². The highest BCUT2D eigenvalue weighted by molar-refractivity contribution is 5.72. The largest absolute Gasteiger partial charge is 0.477 e. The lowest BCUT2D eigenvalue weighted by atomic mass is 10.0. The number of likely N-dealkylation sites (N-methyl/N-ethyl adjacent to an activating group) is 1. The summed E-state index contributed by atoms with van der Waals surface area (Å²) < 4.78 is 17.4. The Hall–Kier alpha value is -1.93. The highest BCUT2D eigenvalue weighted by atomic mass is 16.6. The number of rotatable bonds is 50. The third-order valence-corrected chi connectivity index (χ3v) is 12.7. The minimum absolute atomic E-state index is 0.0458. The van der Waals surface area contributed by atoms with E-state index in [0.717, 1.165) is 38.5 Å². The maximum Gasteiger partial charge on any atom is 0.362 e. The van der Waals surface area contributed by atoms with Crippen LogP contribution in [0.1, 0.15) is 271 Å². The summed E-state index contributed by atoms with van der Waals surface area (Å²) in [6, 6.07) is -0.612. The van der Waals surface area contributed by atoms with E-state index in [0.29, 0.717) is 19.3 Å². The van der Waals surface area contributed by atoms with Crippen molar-refractivity contribution >= 4 is 17.9 Å². The lowest BCUT2D eigenvalue weighted by Gasteiger charge is -2.31. The lowest BCUT2D eigenvalue weighted by molar-refractivity contribution is -0.887. The molecule has 0 bridgehead atoms. The Labute approximate surface area is 390 Å². The van der Waals surface area contributed by atoms with Gasteiger partial charge in [-0.15, -0.1) is 0 Å². The fraction of sp³-hybridized carbons (Fsp3) is 0.909. The van der Waals surface area contributed by atoms with Gasteiger partial charge in [0.15, 0.2) is 12.1 Å². The summed E-state index contributed by atoms with van der Waals surface area (Å²) in [5, 5.41) is 9.66. The topological polar surface area (TPSA) is 99.1 Å². The van der Waals surface area contributed by atoms with E-state index in [2.05, 4.69) is 26.0 Å². The number of aliphatic carboxylic acids is 1. The molecule has 0 aromatic heterocycles. The molecule has 0 saturated carbocycles. The average molecular weight is 893 g/mol. The molecule has 372 valence electrons. The molecule has 1 N–H and O–H groups in total. The minimum atomic E-state index is -0.871. The molecule has 8 heteroatoms. The summed E-state index contributed by atoms with van der Waals surface area (Å²) in [6.45, 7) is 4.78. The van der Waals surface area contributed by atoms with Gasteiger partial charge < -0.3 is 23.8 Å². The van der Waals surface area contributed by atoms with Gasteiger partial charge in [-0.05, 0) is 38.5 Å². The van der Waals surface area contributed by atoms with Crippen LogP contribution in [0.2, 0.25) is 0 Å². The molecular formula is C55H106NO7+. The fourth-order valence-electron chi connectivity index (χ4n) is 8.44. The second-order valence-electron chi connectivity index (χ2n) is 19.8. The summed E-state index contributed by atoms with van der Waals surface area (Å²) in [5.74, 6) is -1.45. The van der Waals surface area contributed by atoms with Crippen molar-refractivity contribution in [2.24, 2.45) is 0 Å². The Morgan fingerprint density at radius 1 is 0.460 bits per heavy atom. The zero-order chi connectivity index (χ0) is 46.3. The van der Waals surface area contributed by atoms with Gasteiger partial charge in [-0.3, -0.25) is 9.59 Å². The Bertz CT molecular complexity index is 1040. The normalized spacial score (nSPS) is 12.8. The first-order chi connectivity index (χ1) is 30.6. The average Bonchev–Trinajstić information content (AvgIpc) is 3.24. The van der Waals surface area contributed by atoms with Crippen LogP contribution in [0, 0.1) is 0 Å². The van der Waals surface area contributed by atoms with Crippen molar-refractivity contribution in [3.63, 3.8) is 0 Å². The predicted molar refractivity (Wildman–Crippen MR) is 266 cm³/mol. The number of carbonyl (C=O) groups excluding carboxylic acids is 2. The molecule has 0 aliphatic carbocycles.